The molecule has 0 aromatic heterocycles. The van der Waals surface area contributed by atoms with E-state index in [1.54, 1.807) is 0 Å². The fourth-order valence-corrected chi connectivity index (χ4v) is 3.00. The van der Waals surface area contributed by atoms with Gasteiger partial charge in [-0.15, -0.1) is 0 Å². The Balaban J connectivity index is 2.25. The van der Waals surface area contributed by atoms with Gasteiger partial charge in [-0.2, -0.15) is 0 Å². The average molecular weight is 269 g/mol. The minimum atomic E-state index is 0.533. The third-order valence-electron chi connectivity index (χ3n) is 4.19. The van der Waals surface area contributed by atoms with E-state index in [0.717, 1.165) is 6.54 Å². The van der Waals surface area contributed by atoms with E-state index >= 15 is 0 Å². The lowest BCUT2D eigenvalue weighted by molar-refractivity contribution is 0.354. The van der Waals surface area contributed by atoms with Gasteiger partial charge in [-0.1, -0.05) is 70.2 Å². The van der Waals surface area contributed by atoms with E-state index in [-0.39, 0.29) is 0 Å². The van der Waals surface area contributed by atoms with Gasteiger partial charge in [-0.3, -0.25) is 0 Å². The Kier molecular flexibility index (Phi) is 5.19. The molecule has 0 radical (unpaired) electrons. The number of hydrogen-bond acceptors (Lipinski definition) is 1. The van der Waals surface area contributed by atoms with Crippen LogP contribution in [0.2, 0.25) is 0 Å². The Morgan fingerprint density at radius 2 is 1.65 bits per heavy atom. The maximum absolute atomic E-state index is 3.72. The molecular weight excluding hydrogens is 242 g/mol. The molecule has 1 N–H and O–H groups in total. The Labute approximate surface area is 123 Å². The average Bonchev–Trinajstić information content (AvgIpc) is 2.46. The quantitative estimate of drug-likeness (QED) is 0.781. The van der Waals surface area contributed by atoms with Crippen LogP contribution < -0.4 is 5.32 Å². The van der Waals surface area contributed by atoms with Crippen molar-refractivity contribution in [3.05, 3.63) is 48.0 Å². The van der Waals surface area contributed by atoms with Crippen molar-refractivity contribution in [1.29, 1.82) is 0 Å². The molecule has 1 nitrogen and oxygen atoms in total. The summed E-state index contributed by atoms with van der Waals surface area (Å²) in [6.07, 6.45) is 1.19. The summed E-state index contributed by atoms with van der Waals surface area (Å²) < 4.78 is 0. The number of benzene rings is 2. The summed E-state index contributed by atoms with van der Waals surface area (Å²) in [5.41, 5.74) is 1.44. The molecule has 0 amide bonds. The van der Waals surface area contributed by atoms with E-state index < -0.39 is 0 Å². The number of nitrogens with one attached hydrogen (secondary N) is 1. The molecule has 0 spiro atoms. The molecule has 0 bridgehead atoms. The molecule has 2 rings (SSSR count). The Hall–Kier alpha value is -1.34. The molecule has 0 saturated carbocycles. The molecule has 0 aliphatic heterocycles. The van der Waals surface area contributed by atoms with Crippen LogP contribution in [0.25, 0.3) is 10.8 Å². The first kappa shape index (κ1) is 15.1. The van der Waals surface area contributed by atoms with Crippen molar-refractivity contribution in [2.75, 3.05) is 6.54 Å². The van der Waals surface area contributed by atoms with Gasteiger partial charge in [-0.05, 0) is 41.1 Å². The van der Waals surface area contributed by atoms with Gasteiger partial charge >= 0.3 is 0 Å². The van der Waals surface area contributed by atoms with Crippen molar-refractivity contribution in [2.45, 2.75) is 46.1 Å². The highest BCUT2D eigenvalue weighted by molar-refractivity contribution is 5.83. The Morgan fingerprint density at radius 1 is 0.950 bits per heavy atom. The number of hydrogen-bond donors (Lipinski definition) is 1. The van der Waals surface area contributed by atoms with Gasteiger partial charge in [0.15, 0.2) is 0 Å². The van der Waals surface area contributed by atoms with Gasteiger partial charge in [0.1, 0.15) is 0 Å². The first-order valence-electron chi connectivity index (χ1n) is 7.85. The minimum Gasteiger partial charge on any atom is -0.313 e. The maximum atomic E-state index is 3.72. The predicted octanol–water partition coefficient (Wildman–Crippen LogP) is 4.97. The predicted molar refractivity (Wildman–Crippen MR) is 89.3 cm³/mol. The van der Waals surface area contributed by atoms with E-state index in [9.17, 15) is 0 Å². The molecule has 108 valence electrons. The smallest absolute Gasteiger partial charge is 0.0156 e. The molecule has 0 heterocycles. The van der Waals surface area contributed by atoms with Gasteiger partial charge in [-0.25, -0.2) is 0 Å². The monoisotopic (exact) mass is 269 g/mol. The number of rotatable bonds is 6. The van der Waals surface area contributed by atoms with Crippen molar-refractivity contribution in [3.8, 4) is 0 Å². The standard InChI is InChI=1S/C19H27N/c1-5-12-20-19(14(2)3)15(4)17-11-10-16-8-6-7-9-18(16)13-17/h6-11,13-15,19-20H,5,12H2,1-4H3. The minimum absolute atomic E-state index is 0.533. The van der Waals surface area contributed by atoms with E-state index in [1.165, 1.54) is 22.8 Å². The summed E-state index contributed by atoms with van der Waals surface area (Å²) in [4.78, 5) is 0. The van der Waals surface area contributed by atoms with E-state index in [1.807, 2.05) is 0 Å². The second kappa shape index (κ2) is 6.90. The zero-order valence-electron chi connectivity index (χ0n) is 13.2. The fourth-order valence-electron chi connectivity index (χ4n) is 3.00. The molecule has 1 heteroatoms. The third kappa shape index (κ3) is 3.40. The second-order valence-electron chi connectivity index (χ2n) is 6.12. The molecule has 2 aromatic carbocycles. The lowest BCUT2D eigenvalue weighted by Gasteiger charge is -2.29. The van der Waals surface area contributed by atoms with Gasteiger partial charge in [0, 0.05) is 6.04 Å². The summed E-state index contributed by atoms with van der Waals surface area (Å²) in [6.45, 7) is 10.3. The molecule has 0 saturated heterocycles. The highest BCUT2D eigenvalue weighted by Crippen LogP contribution is 2.27. The molecular formula is C19H27N. The summed E-state index contributed by atoms with van der Waals surface area (Å²) >= 11 is 0. The largest absolute Gasteiger partial charge is 0.313 e. The van der Waals surface area contributed by atoms with Crippen molar-refractivity contribution < 1.29 is 0 Å². The molecule has 0 fully saturated rings. The van der Waals surface area contributed by atoms with E-state index in [4.69, 9.17) is 0 Å². The third-order valence-corrected chi connectivity index (χ3v) is 4.19. The highest BCUT2D eigenvalue weighted by atomic mass is 14.9. The molecule has 2 atom stereocenters. The molecule has 2 aromatic rings. The molecule has 0 aliphatic carbocycles. The summed E-state index contributed by atoms with van der Waals surface area (Å²) in [7, 11) is 0. The zero-order chi connectivity index (χ0) is 14.5. The second-order valence-corrected chi connectivity index (χ2v) is 6.12. The van der Waals surface area contributed by atoms with Crippen LogP contribution in [-0.2, 0) is 0 Å². The molecule has 20 heavy (non-hydrogen) atoms. The van der Waals surface area contributed by atoms with E-state index in [0.29, 0.717) is 17.9 Å². The molecule has 2 unspecified atom stereocenters. The Morgan fingerprint density at radius 3 is 2.30 bits per heavy atom. The first-order chi connectivity index (χ1) is 9.63. The van der Waals surface area contributed by atoms with Gasteiger partial charge in [0.25, 0.3) is 0 Å². The summed E-state index contributed by atoms with van der Waals surface area (Å²) in [6, 6.07) is 16.0. The van der Waals surface area contributed by atoms with Crippen LogP contribution in [0.1, 0.15) is 45.6 Å². The topological polar surface area (TPSA) is 12.0 Å². The van der Waals surface area contributed by atoms with Crippen molar-refractivity contribution in [1.82, 2.24) is 5.32 Å². The van der Waals surface area contributed by atoms with Gasteiger partial charge in [0.2, 0.25) is 0 Å². The van der Waals surface area contributed by atoms with Crippen LogP contribution in [0, 0.1) is 5.92 Å². The summed E-state index contributed by atoms with van der Waals surface area (Å²) in [5, 5.41) is 6.38. The Bertz CT molecular complexity index is 544. The van der Waals surface area contributed by atoms with Crippen molar-refractivity contribution in [3.63, 3.8) is 0 Å². The summed E-state index contributed by atoms with van der Waals surface area (Å²) in [5.74, 6) is 1.18. The van der Waals surface area contributed by atoms with Gasteiger partial charge in [0.05, 0.1) is 0 Å². The normalized spacial score (nSPS) is 14.7. The van der Waals surface area contributed by atoms with Crippen LogP contribution in [-0.4, -0.2) is 12.6 Å². The fraction of sp³-hybridized carbons (Fsp3) is 0.474. The number of fused-ring (bicyclic) bond motifs is 1. The zero-order valence-corrected chi connectivity index (χ0v) is 13.2. The van der Waals surface area contributed by atoms with Crippen LogP contribution >= 0.6 is 0 Å². The molecule has 0 aliphatic rings. The van der Waals surface area contributed by atoms with Gasteiger partial charge < -0.3 is 5.32 Å². The van der Waals surface area contributed by atoms with Crippen LogP contribution in [0.3, 0.4) is 0 Å². The van der Waals surface area contributed by atoms with Crippen LogP contribution in [0.5, 0.6) is 0 Å². The SMILES string of the molecule is CCCNC(C(C)C)C(C)c1ccc2ccccc2c1. The van der Waals surface area contributed by atoms with Crippen molar-refractivity contribution in [2.24, 2.45) is 5.92 Å². The lowest BCUT2D eigenvalue weighted by Crippen LogP contribution is -2.38. The van der Waals surface area contributed by atoms with Crippen LogP contribution in [0.15, 0.2) is 42.5 Å². The highest BCUT2D eigenvalue weighted by Gasteiger charge is 2.21. The first-order valence-corrected chi connectivity index (χ1v) is 7.85. The van der Waals surface area contributed by atoms with Crippen LogP contribution in [0.4, 0.5) is 0 Å². The lowest BCUT2D eigenvalue weighted by atomic mass is 9.85. The maximum Gasteiger partial charge on any atom is 0.0156 e. The van der Waals surface area contributed by atoms with E-state index in [2.05, 4.69) is 75.5 Å². The van der Waals surface area contributed by atoms with Crippen molar-refractivity contribution >= 4 is 10.8 Å².